The Morgan fingerprint density at radius 3 is 2.61 bits per heavy atom. The standard InChI is InChI=1S/C14H12ClNO2/c1-18-9-13-12(6-7-16-14(13)15)11-4-2-10(8-17)3-5-11/h2-8H,9H2,1H3. The van der Waals surface area contributed by atoms with E-state index in [0.717, 1.165) is 23.0 Å². The van der Waals surface area contributed by atoms with Gasteiger partial charge in [-0.1, -0.05) is 35.9 Å². The summed E-state index contributed by atoms with van der Waals surface area (Å²) in [6.45, 7) is 0.400. The molecule has 0 atom stereocenters. The molecule has 0 aliphatic carbocycles. The number of carbonyl (C=O) groups excluding carboxylic acids is 1. The fourth-order valence-electron chi connectivity index (χ4n) is 1.76. The van der Waals surface area contributed by atoms with Crippen molar-refractivity contribution in [2.45, 2.75) is 6.61 Å². The van der Waals surface area contributed by atoms with Crippen LogP contribution >= 0.6 is 11.6 Å². The molecule has 0 saturated carbocycles. The number of carbonyl (C=O) groups is 1. The molecule has 0 N–H and O–H groups in total. The Kier molecular flexibility index (Phi) is 4.07. The number of nitrogens with zero attached hydrogens (tertiary/aromatic N) is 1. The molecule has 0 fully saturated rings. The second kappa shape index (κ2) is 5.76. The highest BCUT2D eigenvalue weighted by Gasteiger charge is 2.09. The first-order valence-electron chi connectivity index (χ1n) is 5.44. The first-order valence-corrected chi connectivity index (χ1v) is 5.82. The van der Waals surface area contributed by atoms with Crippen LogP contribution in [0.1, 0.15) is 15.9 Å². The monoisotopic (exact) mass is 261 g/mol. The molecule has 0 saturated heterocycles. The van der Waals surface area contributed by atoms with Gasteiger partial charge in [-0.15, -0.1) is 0 Å². The van der Waals surface area contributed by atoms with Crippen LogP contribution in [0.4, 0.5) is 0 Å². The van der Waals surface area contributed by atoms with Crippen molar-refractivity contribution in [3.05, 3.63) is 52.8 Å². The highest BCUT2D eigenvalue weighted by atomic mass is 35.5. The molecule has 0 unspecified atom stereocenters. The van der Waals surface area contributed by atoms with Gasteiger partial charge in [0.2, 0.25) is 0 Å². The number of rotatable bonds is 4. The lowest BCUT2D eigenvalue weighted by Crippen LogP contribution is -1.95. The van der Waals surface area contributed by atoms with Gasteiger partial charge in [0.25, 0.3) is 0 Å². The second-order valence-corrected chi connectivity index (χ2v) is 4.16. The Morgan fingerprint density at radius 1 is 1.28 bits per heavy atom. The van der Waals surface area contributed by atoms with Crippen molar-refractivity contribution in [1.29, 1.82) is 0 Å². The van der Waals surface area contributed by atoms with E-state index in [0.29, 0.717) is 17.3 Å². The van der Waals surface area contributed by atoms with Crippen LogP contribution in [0.2, 0.25) is 5.15 Å². The number of benzene rings is 1. The van der Waals surface area contributed by atoms with Crippen LogP contribution in [-0.4, -0.2) is 18.4 Å². The molecule has 1 heterocycles. The quantitative estimate of drug-likeness (QED) is 0.626. The summed E-state index contributed by atoms with van der Waals surface area (Å²) in [4.78, 5) is 14.7. The second-order valence-electron chi connectivity index (χ2n) is 3.80. The third-order valence-corrected chi connectivity index (χ3v) is 2.98. The number of hydrogen-bond acceptors (Lipinski definition) is 3. The average Bonchev–Trinajstić information content (AvgIpc) is 2.41. The number of aldehydes is 1. The minimum Gasteiger partial charge on any atom is -0.380 e. The summed E-state index contributed by atoms with van der Waals surface area (Å²) in [5, 5.41) is 0.439. The summed E-state index contributed by atoms with van der Waals surface area (Å²) in [5.41, 5.74) is 3.44. The molecule has 0 amide bonds. The van der Waals surface area contributed by atoms with E-state index in [2.05, 4.69) is 4.98 Å². The smallest absolute Gasteiger partial charge is 0.150 e. The topological polar surface area (TPSA) is 39.2 Å². The van der Waals surface area contributed by atoms with Gasteiger partial charge in [-0.05, 0) is 17.2 Å². The van der Waals surface area contributed by atoms with E-state index < -0.39 is 0 Å². The summed E-state index contributed by atoms with van der Waals surface area (Å²) >= 11 is 6.07. The molecule has 0 aliphatic rings. The largest absolute Gasteiger partial charge is 0.380 e. The van der Waals surface area contributed by atoms with Crippen LogP contribution < -0.4 is 0 Å². The van der Waals surface area contributed by atoms with Crippen molar-refractivity contribution in [3.63, 3.8) is 0 Å². The van der Waals surface area contributed by atoms with Gasteiger partial charge in [0, 0.05) is 24.4 Å². The Bertz CT molecular complexity index is 552. The van der Waals surface area contributed by atoms with Crippen molar-refractivity contribution in [3.8, 4) is 11.1 Å². The highest BCUT2D eigenvalue weighted by molar-refractivity contribution is 6.30. The zero-order valence-corrected chi connectivity index (χ0v) is 10.6. The maximum absolute atomic E-state index is 10.6. The van der Waals surface area contributed by atoms with Crippen molar-refractivity contribution < 1.29 is 9.53 Å². The average molecular weight is 262 g/mol. The van der Waals surface area contributed by atoms with Crippen molar-refractivity contribution in [1.82, 2.24) is 4.98 Å². The van der Waals surface area contributed by atoms with Crippen molar-refractivity contribution in [2.75, 3.05) is 7.11 Å². The minimum atomic E-state index is 0.400. The van der Waals surface area contributed by atoms with E-state index in [9.17, 15) is 4.79 Å². The molecule has 0 spiro atoms. The molecule has 18 heavy (non-hydrogen) atoms. The first-order chi connectivity index (χ1) is 8.76. The third-order valence-electron chi connectivity index (χ3n) is 2.65. The summed E-state index contributed by atoms with van der Waals surface area (Å²) in [7, 11) is 1.61. The molecule has 1 aromatic heterocycles. The van der Waals surface area contributed by atoms with Crippen LogP contribution in [0.3, 0.4) is 0 Å². The highest BCUT2D eigenvalue weighted by Crippen LogP contribution is 2.28. The van der Waals surface area contributed by atoms with Gasteiger partial charge in [-0.2, -0.15) is 0 Å². The van der Waals surface area contributed by atoms with E-state index in [1.165, 1.54) is 0 Å². The molecule has 2 aromatic rings. The molecule has 3 nitrogen and oxygen atoms in total. The summed E-state index contributed by atoms with van der Waals surface area (Å²) in [5.74, 6) is 0. The molecular weight excluding hydrogens is 250 g/mol. The Balaban J connectivity index is 2.48. The molecule has 1 aromatic carbocycles. The van der Waals surface area contributed by atoms with Gasteiger partial charge in [0.15, 0.2) is 0 Å². The van der Waals surface area contributed by atoms with Gasteiger partial charge in [-0.3, -0.25) is 4.79 Å². The van der Waals surface area contributed by atoms with E-state index in [-0.39, 0.29) is 0 Å². The van der Waals surface area contributed by atoms with Gasteiger partial charge >= 0.3 is 0 Å². The maximum Gasteiger partial charge on any atom is 0.150 e. The third kappa shape index (κ3) is 2.58. The molecule has 92 valence electrons. The van der Waals surface area contributed by atoms with Gasteiger partial charge in [0.1, 0.15) is 11.4 Å². The predicted octanol–water partition coefficient (Wildman–Crippen LogP) is 3.36. The Labute approximate surface area is 110 Å². The molecule has 4 heteroatoms. The van der Waals surface area contributed by atoms with E-state index in [4.69, 9.17) is 16.3 Å². The summed E-state index contributed by atoms with van der Waals surface area (Å²) < 4.78 is 5.14. The Morgan fingerprint density at radius 2 is 2.00 bits per heavy atom. The summed E-state index contributed by atoms with van der Waals surface area (Å²) in [6.07, 6.45) is 2.48. The fraction of sp³-hybridized carbons (Fsp3) is 0.143. The fourth-order valence-corrected chi connectivity index (χ4v) is 1.97. The van der Waals surface area contributed by atoms with Crippen LogP contribution in [0.25, 0.3) is 11.1 Å². The summed E-state index contributed by atoms with van der Waals surface area (Å²) in [6, 6.07) is 9.19. The molecule has 2 rings (SSSR count). The molecule has 0 aliphatic heterocycles. The van der Waals surface area contributed by atoms with Crippen LogP contribution in [0.5, 0.6) is 0 Å². The van der Waals surface area contributed by atoms with Gasteiger partial charge in [-0.25, -0.2) is 4.98 Å². The van der Waals surface area contributed by atoms with E-state index >= 15 is 0 Å². The lowest BCUT2D eigenvalue weighted by atomic mass is 10.0. The lowest BCUT2D eigenvalue weighted by molar-refractivity contribution is 0.112. The normalized spacial score (nSPS) is 10.3. The number of pyridine rings is 1. The predicted molar refractivity (Wildman–Crippen MR) is 70.8 cm³/mol. The van der Waals surface area contributed by atoms with E-state index in [1.807, 2.05) is 18.2 Å². The SMILES string of the molecule is COCc1c(-c2ccc(C=O)cc2)ccnc1Cl. The Hall–Kier alpha value is -1.71. The van der Waals surface area contributed by atoms with Crippen molar-refractivity contribution >= 4 is 17.9 Å². The number of aromatic nitrogens is 1. The van der Waals surface area contributed by atoms with Crippen LogP contribution in [0.15, 0.2) is 36.5 Å². The van der Waals surface area contributed by atoms with Crippen LogP contribution in [-0.2, 0) is 11.3 Å². The maximum atomic E-state index is 10.6. The van der Waals surface area contributed by atoms with E-state index in [1.54, 1.807) is 25.4 Å². The zero-order chi connectivity index (χ0) is 13.0. The zero-order valence-electron chi connectivity index (χ0n) is 9.89. The molecule has 0 bridgehead atoms. The van der Waals surface area contributed by atoms with Gasteiger partial charge < -0.3 is 4.74 Å². The minimum absolute atomic E-state index is 0.400. The number of ether oxygens (including phenoxy) is 1. The van der Waals surface area contributed by atoms with Crippen LogP contribution in [0, 0.1) is 0 Å². The number of hydrogen-bond donors (Lipinski definition) is 0. The van der Waals surface area contributed by atoms with Crippen molar-refractivity contribution in [2.24, 2.45) is 0 Å². The lowest BCUT2D eigenvalue weighted by Gasteiger charge is -2.10. The number of halogens is 1. The number of methoxy groups -OCH3 is 1. The molecular formula is C14H12ClNO2. The molecule has 0 radical (unpaired) electrons. The first kappa shape index (κ1) is 12.7. The van der Waals surface area contributed by atoms with Gasteiger partial charge in [0.05, 0.1) is 6.61 Å².